The molecule has 0 bridgehead atoms. The van der Waals surface area contributed by atoms with Crippen LogP contribution in [0.3, 0.4) is 0 Å². The molecule has 0 aliphatic rings. The molecule has 0 aromatic carbocycles. The van der Waals surface area contributed by atoms with E-state index >= 15 is 0 Å². The third-order valence-corrected chi connectivity index (χ3v) is 4.70. The predicted molar refractivity (Wildman–Crippen MR) is 67.0 cm³/mol. The Hall–Kier alpha value is -1.34. The first-order chi connectivity index (χ1) is 7.86. The lowest BCUT2D eigenvalue weighted by molar-refractivity contribution is 0.459. The third kappa shape index (κ3) is 2.34. The number of nitrogen functional groups attached to an aromatic ring is 1. The number of likely N-dealkylation sites (N-methyl/N-ethyl adjacent to an activating group) is 1. The summed E-state index contributed by atoms with van der Waals surface area (Å²) in [5, 5.41) is 3.92. The minimum Gasteiger partial charge on any atom is -0.381 e. The Balaban J connectivity index is 3.34. The van der Waals surface area contributed by atoms with Gasteiger partial charge in [-0.15, -0.1) is 6.58 Å². The average molecular weight is 258 g/mol. The molecule has 0 spiro atoms. The van der Waals surface area contributed by atoms with Crippen molar-refractivity contribution in [2.24, 2.45) is 7.05 Å². The van der Waals surface area contributed by atoms with E-state index in [1.54, 1.807) is 27.0 Å². The summed E-state index contributed by atoms with van der Waals surface area (Å²) in [6, 6.07) is 0. The van der Waals surface area contributed by atoms with Crippen LogP contribution in [0.4, 0.5) is 5.82 Å². The van der Waals surface area contributed by atoms with Crippen LogP contribution in [0.2, 0.25) is 0 Å². The first-order valence-corrected chi connectivity index (χ1v) is 6.70. The number of aromatic nitrogens is 2. The lowest BCUT2D eigenvalue weighted by Gasteiger charge is -2.18. The van der Waals surface area contributed by atoms with E-state index in [9.17, 15) is 8.42 Å². The molecular formula is C10H18N4O2S. The van der Waals surface area contributed by atoms with Gasteiger partial charge in [0.2, 0.25) is 10.0 Å². The predicted octanol–water partition coefficient (Wildman–Crippen LogP) is 0.507. The highest BCUT2D eigenvalue weighted by molar-refractivity contribution is 7.89. The van der Waals surface area contributed by atoms with Gasteiger partial charge in [0.05, 0.1) is 5.69 Å². The molecule has 0 amide bonds. The van der Waals surface area contributed by atoms with Crippen LogP contribution in [0.5, 0.6) is 0 Å². The normalized spacial score (nSPS) is 12.0. The topological polar surface area (TPSA) is 81.2 Å². The third-order valence-electron chi connectivity index (χ3n) is 2.59. The summed E-state index contributed by atoms with van der Waals surface area (Å²) >= 11 is 0. The molecule has 2 N–H and O–H groups in total. The number of nitrogens with two attached hydrogens (primary N) is 1. The maximum Gasteiger partial charge on any atom is 0.248 e. The highest BCUT2D eigenvalue weighted by Crippen LogP contribution is 2.24. The molecule has 0 radical (unpaired) electrons. The van der Waals surface area contributed by atoms with Crippen LogP contribution < -0.4 is 5.73 Å². The number of nitrogens with zero attached hydrogens (tertiary/aromatic N) is 3. The van der Waals surface area contributed by atoms with Gasteiger partial charge in [0.1, 0.15) is 4.90 Å². The maximum absolute atomic E-state index is 12.4. The molecule has 6 nitrogen and oxygen atoms in total. The lowest BCUT2D eigenvalue weighted by atomic mass is 10.5. The molecule has 1 aromatic heterocycles. The monoisotopic (exact) mass is 258 g/mol. The van der Waals surface area contributed by atoms with Gasteiger partial charge in [-0.25, -0.2) is 8.42 Å². The van der Waals surface area contributed by atoms with Crippen molar-refractivity contribution in [3.05, 3.63) is 18.3 Å². The standard InChI is InChI=1S/C10H18N4O2S/c1-5-7-14(6-2)17(15,16)9-8(3)13(4)12-10(9)11/h5H,1,6-7H2,2-4H3,(H2,11,12). The molecule has 0 atom stereocenters. The summed E-state index contributed by atoms with van der Waals surface area (Å²) in [6.45, 7) is 7.61. The minimum absolute atomic E-state index is 0.0347. The van der Waals surface area contributed by atoms with Crippen molar-refractivity contribution in [3.8, 4) is 0 Å². The number of hydrogen-bond acceptors (Lipinski definition) is 4. The van der Waals surface area contributed by atoms with Crippen molar-refractivity contribution < 1.29 is 8.42 Å². The van der Waals surface area contributed by atoms with Crippen LogP contribution in [-0.2, 0) is 17.1 Å². The summed E-state index contributed by atoms with van der Waals surface area (Å²) in [7, 11) is -1.94. The van der Waals surface area contributed by atoms with Crippen LogP contribution in [0.25, 0.3) is 0 Å². The first-order valence-electron chi connectivity index (χ1n) is 5.26. The van der Waals surface area contributed by atoms with Crippen molar-refractivity contribution in [1.29, 1.82) is 0 Å². The summed E-state index contributed by atoms with van der Waals surface area (Å²) in [5.74, 6) is 0.0347. The summed E-state index contributed by atoms with van der Waals surface area (Å²) in [5.41, 5.74) is 6.19. The highest BCUT2D eigenvalue weighted by Gasteiger charge is 2.29. The molecule has 0 fully saturated rings. The van der Waals surface area contributed by atoms with Crippen LogP contribution in [0, 0.1) is 6.92 Å². The molecule has 0 aliphatic heterocycles. The molecule has 0 unspecified atom stereocenters. The van der Waals surface area contributed by atoms with Gasteiger partial charge in [0.25, 0.3) is 0 Å². The quantitative estimate of drug-likeness (QED) is 0.780. The fraction of sp³-hybridized carbons (Fsp3) is 0.500. The van der Waals surface area contributed by atoms with Gasteiger partial charge in [-0.05, 0) is 6.92 Å². The summed E-state index contributed by atoms with van der Waals surface area (Å²) in [6.07, 6.45) is 1.54. The van der Waals surface area contributed by atoms with Gasteiger partial charge in [0.15, 0.2) is 5.82 Å². The van der Waals surface area contributed by atoms with E-state index in [-0.39, 0.29) is 17.3 Å². The van der Waals surface area contributed by atoms with E-state index in [2.05, 4.69) is 11.7 Å². The first kappa shape index (κ1) is 13.7. The van der Waals surface area contributed by atoms with Crippen molar-refractivity contribution in [2.45, 2.75) is 18.7 Å². The van der Waals surface area contributed by atoms with Crippen molar-refractivity contribution in [3.63, 3.8) is 0 Å². The number of hydrogen-bond donors (Lipinski definition) is 1. The van der Waals surface area contributed by atoms with Gasteiger partial charge in [-0.1, -0.05) is 13.0 Å². The van der Waals surface area contributed by atoms with E-state index in [0.717, 1.165) is 0 Å². The highest BCUT2D eigenvalue weighted by atomic mass is 32.2. The van der Waals surface area contributed by atoms with E-state index < -0.39 is 10.0 Å². The van der Waals surface area contributed by atoms with Crippen molar-refractivity contribution >= 4 is 15.8 Å². The smallest absolute Gasteiger partial charge is 0.248 e. The Kier molecular flexibility index (Phi) is 3.94. The van der Waals surface area contributed by atoms with Crippen LogP contribution in [0.15, 0.2) is 17.6 Å². The van der Waals surface area contributed by atoms with Crippen molar-refractivity contribution in [1.82, 2.24) is 14.1 Å². The summed E-state index contributed by atoms with van der Waals surface area (Å²) < 4.78 is 27.5. The lowest BCUT2D eigenvalue weighted by Crippen LogP contribution is -2.31. The Bertz CT molecular complexity index is 519. The second-order valence-corrected chi connectivity index (χ2v) is 5.54. The second-order valence-electron chi connectivity index (χ2n) is 3.67. The van der Waals surface area contributed by atoms with Crippen molar-refractivity contribution in [2.75, 3.05) is 18.8 Å². The van der Waals surface area contributed by atoms with Gasteiger partial charge < -0.3 is 5.73 Å². The van der Waals surface area contributed by atoms with E-state index in [1.807, 2.05) is 0 Å². The molecule has 1 rings (SSSR count). The molecule has 1 heterocycles. The van der Waals surface area contributed by atoms with E-state index in [4.69, 9.17) is 5.73 Å². The molecule has 0 saturated carbocycles. The molecule has 7 heteroatoms. The maximum atomic E-state index is 12.4. The SMILES string of the molecule is C=CCN(CC)S(=O)(=O)c1c(N)nn(C)c1C. The van der Waals surface area contributed by atoms with E-state index in [0.29, 0.717) is 12.2 Å². The van der Waals surface area contributed by atoms with Crippen LogP contribution >= 0.6 is 0 Å². The molecular weight excluding hydrogens is 240 g/mol. The fourth-order valence-corrected chi connectivity index (χ4v) is 3.31. The zero-order chi connectivity index (χ0) is 13.2. The van der Waals surface area contributed by atoms with Crippen LogP contribution in [0.1, 0.15) is 12.6 Å². The Morgan fingerprint density at radius 2 is 2.18 bits per heavy atom. The van der Waals surface area contributed by atoms with Gasteiger partial charge >= 0.3 is 0 Å². The zero-order valence-electron chi connectivity index (χ0n) is 10.3. The van der Waals surface area contributed by atoms with Gasteiger partial charge in [-0.2, -0.15) is 9.40 Å². The number of rotatable bonds is 5. The van der Waals surface area contributed by atoms with Crippen LogP contribution in [-0.4, -0.2) is 35.6 Å². The Morgan fingerprint density at radius 1 is 1.59 bits per heavy atom. The second kappa shape index (κ2) is 4.89. The Labute approximate surface area is 102 Å². The largest absolute Gasteiger partial charge is 0.381 e. The minimum atomic E-state index is -3.60. The average Bonchev–Trinajstić information content (AvgIpc) is 2.49. The number of sulfonamides is 1. The zero-order valence-corrected chi connectivity index (χ0v) is 11.2. The molecule has 0 saturated heterocycles. The summed E-state index contributed by atoms with van der Waals surface area (Å²) in [4.78, 5) is 0.0868. The fourth-order valence-electron chi connectivity index (χ4n) is 1.60. The number of aryl methyl sites for hydroxylation is 1. The molecule has 0 aliphatic carbocycles. The molecule has 96 valence electrons. The molecule has 1 aromatic rings. The van der Waals surface area contributed by atoms with Gasteiger partial charge in [0, 0.05) is 20.1 Å². The molecule has 17 heavy (non-hydrogen) atoms. The Morgan fingerprint density at radius 3 is 2.53 bits per heavy atom. The number of anilines is 1. The van der Waals surface area contributed by atoms with Gasteiger partial charge in [-0.3, -0.25) is 4.68 Å². The van der Waals surface area contributed by atoms with E-state index in [1.165, 1.54) is 8.99 Å².